The molecule has 0 aliphatic heterocycles. The Morgan fingerprint density at radius 2 is 1.95 bits per heavy atom. The van der Waals surface area contributed by atoms with Gasteiger partial charge in [-0.25, -0.2) is 4.39 Å². The summed E-state index contributed by atoms with van der Waals surface area (Å²) < 4.78 is 13.0. The molecule has 0 aromatic heterocycles. The number of rotatable bonds is 6. The minimum absolute atomic E-state index is 0.0197. The molecule has 1 amide bonds. The standard InChI is InChI=1S/C14H19FN2O2/c1-4-17(5-2)14(19)9-16(3)13-7-6-12(15)8-11(13)10-18/h6-8,10H,4-5,9H2,1-3H3. The van der Waals surface area contributed by atoms with Gasteiger partial charge in [0.1, 0.15) is 5.82 Å². The zero-order valence-corrected chi connectivity index (χ0v) is 11.5. The fraction of sp³-hybridized carbons (Fsp3) is 0.429. The van der Waals surface area contributed by atoms with E-state index in [1.165, 1.54) is 18.2 Å². The Kier molecular flexibility index (Phi) is 5.48. The van der Waals surface area contributed by atoms with Gasteiger partial charge in [0.2, 0.25) is 5.91 Å². The van der Waals surface area contributed by atoms with E-state index in [4.69, 9.17) is 0 Å². The van der Waals surface area contributed by atoms with Gasteiger partial charge in [-0.3, -0.25) is 9.59 Å². The summed E-state index contributed by atoms with van der Waals surface area (Å²) in [5, 5.41) is 0. The molecule has 1 rings (SSSR count). The molecule has 0 fully saturated rings. The van der Waals surface area contributed by atoms with Crippen molar-refractivity contribution in [1.82, 2.24) is 4.90 Å². The minimum atomic E-state index is -0.464. The molecule has 0 aliphatic carbocycles. The van der Waals surface area contributed by atoms with E-state index in [0.29, 0.717) is 25.1 Å². The maximum Gasteiger partial charge on any atom is 0.242 e. The van der Waals surface area contributed by atoms with Crippen molar-refractivity contribution in [2.24, 2.45) is 0 Å². The Bertz CT molecular complexity index is 459. The van der Waals surface area contributed by atoms with E-state index in [0.717, 1.165) is 0 Å². The summed E-state index contributed by atoms with van der Waals surface area (Å²) in [6, 6.07) is 3.95. The van der Waals surface area contributed by atoms with Crippen molar-refractivity contribution in [3.05, 3.63) is 29.6 Å². The highest BCUT2D eigenvalue weighted by Gasteiger charge is 2.15. The molecule has 0 N–H and O–H groups in total. The number of carbonyl (C=O) groups excluding carboxylic acids is 2. The first-order valence-corrected chi connectivity index (χ1v) is 6.27. The van der Waals surface area contributed by atoms with Crippen LogP contribution in [0.5, 0.6) is 0 Å². The summed E-state index contributed by atoms with van der Waals surface area (Å²) in [5.41, 5.74) is 0.798. The zero-order valence-electron chi connectivity index (χ0n) is 11.5. The van der Waals surface area contributed by atoms with Crippen LogP contribution >= 0.6 is 0 Å². The molecule has 5 heteroatoms. The van der Waals surface area contributed by atoms with Crippen LogP contribution < -0.4 is 4.90 Å². The van der Waals surface area contributed by atoms with E-state index < -0.39 is 5.82 Å². The number of hydrogen-bond acceptors (Lipinski definition) is 3. The highest BCUT2D eigenvalue weighted by Crippen LogP contribution is 2.19. The predicted octanol–water partition coefficient (Wildman–Crippen LogP) is 1.94. The van der Waals surface area contributed by atoms with Gasteiger partial charge >= 0.3 is 0 Å². The average Bonchev–Trinajstić information content (AvgIpc) is 2.39. The monoisotopic (exact) mass is 266 g/mol. The molecule has 1 aromatic carbocycles. The fourth-order valence-electron chi connectivity index (χ4n) is 1.93. The van der Waals surface area contributed by atoms with Crippen LogP contribution in [0.25, 0.3) is 0 Å². The second kappa shape index (κ2) is 6.87. The fourth-order valence-corrected chi connectivity index (χ4v) is 1.93. The smallest absolute Gasteiger partial charge is 0.242 e. The molecule has 0 saturated carbocycles. The SMILES string of the molecule is CCN(CC)C(=O)CN(C)c1ccc(F)cc1C=O. The van der Waals surface area contributed by atoms with E-state index >= 15 is 0 Å². The number of halogens is 1. The van der Waals surface area contributed by atoms with Crippen LogP contribution in [0.3, 0.4) is 0 Å². The quantitative estimate of drug-likeness (QED) is 0.739. The summed E-state index contributed by atoms with van der Waals surface area (Å²) in [6.07, 6.45) is 0.594. The lowest BCUT2D eigenvalue weighted by Crippen LogP contribution is -2.39. The van der Waals surface area contributed by atoms with Gasteiger partial charge in [0.05, 0.1) is 6.54 Å². The maximum absolute atomic E-state index is 13.0. The van der Waals surface area contributed by atoms with Gasteiger partial charge in [-0.05, 0) is 32.0 Å². The van der Waals surface area contributed by atoms with Crippen LogP contribution in [0.15, 0.2) is 18.2 Å². The van der Waals surface area contributed by atoms with Crippen LogP contribution in [0.4, 0.5) is 10.1 Å². The van der Waals surface area contributed by atoms with E-state index in [1.54, 1.807) is 16.8 Å². The lowest BCUT2D eigenvalue weighted by atomic mass is 10.1. The number of carbonyl (C=O) groups is 2. The molecule has 4 nitrogen and oxygen atoms in total. The zero-order chi connectivity index (χ0) is 14.4. The molecule has 0 saturated heterocycles. The molecule has 0 atom stereocenters. The van der Waals surface area contributed by atoms with Gasteiger partial charge in [0.15, 0.2) is 6.29 Å². The van der Waals surface area contributed by atoms with E-state index in [2.05, 4.69) is 0 Å². The third-order valence-corrected chi connectivity index (χ3v) is 3.02. The summed E-state index contributed by atoms with van der Waals surface area (Å²) in [6.45, 7) is 5.28. The largest absolute Gasteiger partial charge is 0.365 e. The molecular weight excluding hydrogens is 247 g/mol. The number of amides is 1. The second-order valence-electron chi connectivity index (χ2n) is 4.24. The van der Waals surface area contributed by atoms with E-state index in [1.807, 2.05) is 13.8 Å². The molecule has 19 heavy (non-hydrogen) atoms. The van der Waals surface area contributed by atoms with Crippen molar-refractivity contribution in [3.63, 3.8) is 0 Å². The third kappa shape index (κ3) is 3.77. The lowest BCUT2D eigenvalue weighted by Gasteiger charge is -2.25. The first-order valence-electron chi connectivity index (χ1n) is 6.27. The van der Waals surface area contributed by atoms with E-state index in [-0.39, 0.29) is 18.0 Å². The highest BCUT2D eigenvalue weighted by molar-refractivity contribution is 5.87. The Balaban J connectivity index is 2.86. The van der Waals surface area contributed by atoms with Crippen LogP contribution in [0.1, 0.15) is 24.2 Å². The Hall–Kier alpha value is -1.91. The van der Waals surface area contributed by atoms with Gasteiger partial charge in [-0.1, -0.05) is 0 Å². The molecule has 104 valence electrons. The molecule has 0 unspecified atom stereocenters. The normalized spacial score (nSPS) is 10.1. The first-order chi connectivity index (χ1) is 9.03. The molecule has 1 aromatic rings. The van der Waals surface area contributed by atoms with Crippen molar-refractivity contribution < 1.29 is 14.0 Å². The Labute approximate surface area is 112 Å². The topological polar surface area (TPSA) is 40.6 Å². The second-order valence-corrected chi connectivity index (χ2v) is 4.24. The number of aldehydes is 1. The molecule has 0 aliphatic rings. The summed E-state index contributed by atoms with van der Waals surface area (Å²) in [5.74, 6) is -0.483. The summed E-state index contributed by atoms with van der Waals surface area (Å²) in [4.78, 5) is 26.3. The van der Waals surface area contributed by atoms with E-state index in [9.17, 15) is 14.0 Å². The van der Waals surface area contributed by atoms with Crippen molar-refractivity contribution in [2.45, 2.75) is 13.8 Å². The van der Waals surface area contributed by atoms with Crippen molar-refractivity contribution in [2.75, 3.05) is 31.6 Å². The third-order valence-electron chi connectivity index (χ3n) is 3.02. The summed E-state index contributed by atoms with van der Waals surface area (Å²) >= 11 is 0. The molecule has 0 radical (unpaired) electrons. The highest BCUT2D eigenvalue weighted by atomic mass is 19.1. The van der Waals surface area contributed by atoms with Gasteiger partial charge in [0.25, 0.3) is 0 Å². The van der Waals surface area contributed by atoms with Gasteiger partial charge in [0, 0.05) is 31.4 Å². The number of hydrogen-bond donors (Lipinski definition) is 0. The van der Waals surface area contributed by atoms with Crippen molar-refractivity contribution in [1.29, 1.82) is 0 Å². The Morgan fingerprint density at radius 3 is 2.47 bits per heavy atom. The molecule has 0 heterocycles. The number of nitrogens with zero attached hydrogens (tertiary/aromatic N) is 2. The molecular formula is C14H19FN2O2. The van der Waals surface area contributed by atoms with Gasteiger partial charge < -0.3 is 9.80 Å². The van der Waals surface area contributed by atoms with Crippen molar-refractivity contribution >= 4 is 17.9 Å². The number of benzene rings is 1. The minimum Gasteiger partial charge on any atom is -0.365 e. The maximum atomic E-state index is 13.0. The van der Waals surface area contributed by atoms with Crippen LogP contribution in [-0.4, -0.2) is 43.8 Å². The first kappa shape index (κ1) is 15.1. The molecule has 0 bridgehead atoms. The average molecular weight is 266 g/mol. The Morgan fingerprint density at radius 1 is 1.32 bits per heavy atom. The van der Waals surface area contributed by atoms with Crippen LogP contribution in [0, 0.1) is 5.82 Å². The molecule has 0 spiro atoms. The lowest BCUT2D eigenvalue weighted by molar-refractivity contribution is -0.129. The predicted molar refractivity (Wildman–Crippen MR) is 73.0 cm³/mol. The van der Waals surface area contributed by atoms with Crippen molar-refractivity contribution in [3.8, 4) is 0 Å². The van der Waals surface area contributed by atoms with Gasteiger partial charge in [-0.2, -0.15) is 0 Å². The van der Waals surface area contributed by atoms with Gasteiger partial charge in [-0.15, -0.1) is 0 Å². The summed E-state index contributed by atoms with van der Waals surface area (Å²) in [7, 11) is 1.71. The van der Waals surface area contributed by atoms with Crippen LogP contribution in [-0.2, 0) is 4.79 Å². The van der Waals surface area contributed by atoms with Crippen LogP contribution in [0.2, 0.25) is 0 Å². The number of anilines is 1. The number of likely N-dealkylation sites (N-methyl/N-ethyl adjacent to an activating group) is 2.